The van der Waals surface area contributed by atoms with Crippen LogP contribution in [0.3, 0.4) is 0 Å². The monoisotopic (exact) mass is 289 g/mol. The third kappa shape index (κ3) is 2.25. The number of halogens is 2. The normalized spacial score (nSPS) is 10.7. The molecule has 3 aromatic rings. The molecule has 0 aliphatic carbocycles. The maximum absolute atomic E-state index is 13.3. The predicted molar refractivity (Wildman–Crippen MR) is 74.1 cm³/mol. The summed E-state index contributed by atoms with van der Waals surface area (Å²) in [6.45, 7) is 0. The van der Waals surface area contributed by atoms with Gasteiger partial charge in [-0.2, -0.15) is 5.10 Å². The van der Waals surface area contributed by atoms with E-state index in [0.717, 1.165) is 0 Å². The Morgan fingerprint density at radius 1 is 1.00 bits per heavy atom. The topological polar surface area (TPSA) is 33.6 Å². The van der Waals surface area contributed by atoms with Crippen LogP contribution in [0, 0.1) is 16.4 Å². The van der Waals surface area contributed by atoms with E-state index in [-0.39, 0.29) is 11.6 Å². The lowest BCUT2D eigenvalue weighted by molar-refractivity contribution is 0.627. The summed E-state index contributed by atoms with van der Waals surface area (Å²) in [6, 6.07) is 11.9. The van der Waals surface area contributed by atoms with Gasteiger partial charge in [-0.3, -0.25) is 9.67 Å². The minimum absolute atomic E-state index is 0.337. The highest BCUT2D eigenvalue weighted by Crippen LogP contribution is 2.22. The Bertz CT molecular complexity index is 806. The number of hydrogen-bond donors (Lipinski definition) is 1. The average molecular weight is 289 g/mol. The highest BCUT2D eigenvalue weighted by molar-refractivity contribution is 7.71. The number of aromatic amines is 1. The van der Waals surface area contributed by atoms with Gasteiger partial charge in [0.15, 0.2) is 10.6 Å². The summed E-state index contributed by atoms with van der Waals surface area (Å²) in [4.78, 5) is 0. The first-order chi connectivity index (χ1) is 9.65. The van der Waals surface area contributed by atoms with Crippen LogP contribution in [-0.2, 0) is 0 Å². The van der Waals surface area contributed by atoms with Crippen molar-refractivity contribution in [2.75, 3.05) is 0 Å². The number of H-pyrrole nitrogens is 1. The van der Waals surface area contributed by atoms with Crippen molar-refractivity contribution in [2.45, 2.75) is 0 Å². The molecule has 0 aliphatic heterocycles. The van der Waals surface area contributed by atoms with Gasteiger partial charge in [0.1, 0.15) is 11.6 Å². The molecular formula is C14H9F2N3S. The fourth-order valence-electron chi connectivity index (χ4n) is 1.95. The molecule has 0 unspecified atom stereocenters. The molecule has 1 N–H and O–H groups in total. The quantitative estimate of drug-likeness (QED) is 0.726. The summed E-state index contributed by atoms with van der Waals surface area (Å²) in [7, 11) is 0. The first-order valence-corrected chi connectivity index (χ1v) is 6.25. The molecule has 1 heterocycles. The second-order valence-electron chi connectivity index (χ2n) is 4.17. The summed E-state index contributed by atoms with van der Waals surface area (Å²) in [5, 5.41) is 6.78. The summed E-state index contributed by atoms with van der Waals surface area (Å²) in [5.41, 5.74) is 1.24. The summed E-state index contributed by atoms with van der Waals surface area (Å²) in [6.07, 6.45) is 0. The average Bonchev–Trinajstić information content (AvgIpc) is 2.82. The SMILES string of the molecule is Fc1ccc(-n2c(-c3cccc(F)c3)n[nH]c2=S)cc1. The highest BCUT2D eigenvalue weighted by atomic mass is 32.1. The van der Waals surface area contributed by atoms with Crippen molar-refractivity contribution in [3.63, 3.8) is 0 Å². The van der Waals surface area contributed by atoms with Crippen LogP contribution >= 0.6 is 12.2 Å². The molecule has 0 atom stereocenters. The molecule has 100 valence electrons. The predicted octanol–water partition coefficient (Wildman–Crippen LogP) is 3.88. The lowest BCUT2D eigenvalue weighted by atomic mass is 10.2. The number of nitrogens with one attached hydrogen (secondary N) is 1. The van der Waals surface area contributed by atoms with Crippen LogP contribution in [0.1, 0.15) is 0 Å². The number of aromatic nitrogens is 3. The van der Waals surface area contributed by atoms with Gasteiger partial charge in [-0.1, -0.05) is 12.1 Å². The lowest BCUT2D eigenvalue weighted by Gasteiger charge is -2.06. The van der Waals surface area contributed by atoms with E-state index >= 15 is 0 Å². The third-order valence-corrected chi connectivity index (χ3v) is 3.11. The van der Waals surface area contributed by atoms with Gasteiger partial charge >= 0.3 is 0 Å². The highest BCUT2D eigenvalue weighted by Gasteiger charge is 2.11. The Labute approximate surface area is 118 Å². The summed E-state index contributed by atoms with van der Waals surface area (Å²) in [5.74, 6) is -0.223. The fourth-order valence-corrected chi connectivity index (χ4v) is 2.19. The van der Waals surface area contributed by atoms with Gasteiger partial charge in [0.2, 0.25) is 0 Å². The largest absolute Gasteiger partial charge is 0.268 e. The van der Waals surface area contributed by atoms with E-state index in [0.29, 0.717) is 21.8 Å². The maximum Gasteiger partial charge on any atom is 0.200 e. The fraction of sp³-hybridized carbons (Fsp3) is 0. The van der Waals surface area contributed by atoms with E-state index < -0.39 is 0 Å². The molecule has 3 rings (SSSR count). The molecule has 0 spiro atoms. The van der Waals surface area contributed by atoms with Crippen LogP contribution in [0.4, 0.5) is 8.78 Å². The van der Waals surface area contributed by atoms with Crippen molar-refractivity contribution in [2.24, 2.45) is 0 Å². The van der Waals surface area contributed by atoms with Gasteiger partial charge in [-0.05, 0) is 48.6 Å². The maximum atomic E-state index is 13.3. The molecule has 3 nitrogen and oxygen atoms in total. The number of nitrogens with zero attached hydrogens (tertiary/aromatic N) is 2. The Kier molecular flexibility index (Phi) is 3.15. The molecule has 1 aromatic heterocycles. The molecule has 2 aromatic carbocycles. The molecule has 20 heavy (non-hydrogen) atoms. The number of hydrogen-bond acceptors (Lipinski definition) is 2. The van der Waals surface area contributed by atoms with Crippen molar-refractivity contribution < 1.29 is 8.78 Å². The second kappa shape index (κ2) is 4.97. The summed E-state index contributed by atoms with van der Waals surface area (Å²) >= 11 is 5.18. The molecule has 0 bridgehead atoms. The van der Waals surface area contributed by atoms with E-state index in [1.165, 1.54) is 24.3 Å². The van der Waals surface area contributed by atoms with Gasteiger partial charge in [-0.15, -0.1) is 0 Å². The molecule has 0 saturated heterocycles. The van der Waals surface area contributed by atoms with Gasteiger partial charge in [0, 0.05) is 5.56 Å². The van der Waals surface area contributed by atoms with Crippen LogP contribution in [0.25, 0.3) is 17.1 Å². The Balaban J connectivity index is 2.20. The Hall–Kier alpha value is -2.34. The third-order valence-electron chi connectivity index (χ3n) is 2.84. The van der Waals surface area contributed by atoms with E-state index in [4.69, 9.17) is 12.2 Å². The van der Waals surface area contributed by atoms with Crippen LogP contribution in [-0.4, -0.2) is 14.8 Å². The van der Waals surface area contributed by atoms with E-state index in [9.17, 15) is 8.78 Å². The first-order valence-electron chi connectivity index (χ1n) is 5.84. The molecule has 0 fully saturated rings. The zero-order valence-corrected chi connectivity index (χ0v) is 11.0. The van der Waals surface area contributed by atoms with Crippen molar-refractivity contribution in [1.82, 2.24) is 14.8 Å². The molecule has 0 aliphatic rings. The minimum atomic E-state index is -0.359. The number of benzene rings is 2. The Morgan fingerprint density at radius 2 is 1.75 bits per heavy atom. The van der Waals surface area contributed by atoms with Crippen molar-refractivity contribution in [3.05, 3.63) is 64.9 Å². The second-order valence-corrected chi connectivity index (χ2v) is 4.56. The van der Waals surface area contributed by atoms with Crippen LogP contribution in [0.2, 0.25) is 0 Å². The van der Waals surface area contributed by atoms with E-state index in [2.05, 4.69) is 10.2 Å². The summed E-state index contributed by atoms with van der Waals surface area (Å²) < 4.78 is 28.3. The van der Waals surface area contributed by atoms with Gasteiger partial charge in [0.05, 0.1) is 5.69 Å². The van der Waals surface area contributed by atoms with Crippen LogP contribution < -0.4 is 0 Å². The molecule has 6 heteroatoms. The van der Waals surface area contributed by atoms with Gasteiger partial charge in [0.25, 0.3) is 0 Å². The van der Waals surface area contributed by atoms with Crippen molar-refractivity contribution in [1.29, 1.82) is 0 Å². The van der Waals surface area contributed by atoms with Crippen molar-refractivity contribution in [3.8, 4) is 17.1 Å². The van der Waals surface area contributed by atoms with Crippen LogP contribution in [0.15, 0.2) is 48.5 Å². The van der Waals surface area contributed by atoms with Crippen molar-refractivity contribution >= 4 is 12.2 Å². The Morgan fingerprint density at radius 3 is 2.45 bits per heavy atom. The number of rotatable bonds is 2. The first kappa shape index (κ1) is 12.7. The zero-order chi connectivity index (χ0) is 14.1. The minimum Gasteiger partial charge on any atom is -0.268 e. The van der Waals surface area contributed by atoms with E-state index in [1.807, 2.05) is 0 Å². The molecule has 0 radical (unpaired) electrons. The molecular weight excluding hydrogens is 280 g/mol. The van der Waals surface area contributed by atoms with E-state index in [1.54, 1.807) is 28.8 Å². The standard InChI is InChI=1S/C14H9F2N3S/c15-10-4-6-12(7-5-10)19-13(17-18-14(19)20)9-2-1-3-11(16)8-9/h1-8H,(H,18,20). The van der Waals surface area contributed by atoms with Gasteiger partial charge in [-0.25, -0.2) is 8.78 Å². The lowest BCUT2D eigenvalue weighted by Crippen LogP contribution is -1.98. The smallest absolute Gasteiger partial charge is 0.200 e. The van der Waals surface area contributed by atoms with Crippen LogP contribution in [0.5, 0.6) is 0 Å². The zero-order valence-electron chi connectivity index (χ0n) is 10.2. The van der Waals surface area contributed by atoms with Gasteiger partial charge < -0.3 is 0 Å². The molecule has 0 amide bonds. The molecule has 0 saturated carbocycles.